The molecule has 0 spiro atoms. The van der Waals surface area contributed by atoms with Gasteiger partial charge in [-0.1, -0.05) is 84.4 Å². The number of hydrogen-bond acceptors (Lipinski definition) is 1. The average molecular weight is 341 g/mol. The second-order valence-corrected chi connectivity index (χ2v) is 7.50. The molecule has 4 rings (SSSR count). The van der Waals surface area contributed by atoms with Crippen molar-refractivity contribution < 1.29 is 0 Å². The summed E-state index contributed by atoms with van der Waals surface area (Å²) in [6.07, 6.45) is 2.40. The third kappa shape index (κ3) is 3.45. The fraction of sp³-hybridized carbons (Fsp3) is 0.280. The van der Waals surface area contributed by atoms with E-state index in [0.29, 0.717) is 12.1 Å². The maximum absolute atomic E-state index is 2.69. The number of rotatable bonds is 5. The largest absolute Gasteiger partial charge is 0.285 e. The standard InChI is InChI=1S/C25H27N/c1-19-13-15-24-23(17-19)14-16-25(24)26(18-21-9-5-3-6-10-21)20(2)22-11-7-4-8-12-22/h3-13,15,17,20,25H,14,16,18H2,1-2H3/t20-,25?/m1/s1. The van der Waals surface area contributed by atoms with E-state index in [-0.39, 0.29) is 0 Å². The molecule has 1 unspecified atom stereocenters. The number of aryl methyl sites for hydroxylation is 2. The van der Waals surface area contributed by atoms with Crippen molar-refractivity contribution in [3.05, 3.63) is 107 Å². The number of fused-ring (bicyclic) bond motifs is 1. The normalized spacial score (nSPS) is 17.3. The van der Waals surface area contributed by atoms with Crippen molar-refractivity contribution in [2.45, 2.75) is 45.3 Å². The lowest BCUT2D eigenvalue weighted by atomic mass is 9.99. The lowest BCUT2D eigenvalue weighted by Crippen LogP contribution is -2.30. The van der Waals surface area contributed by atoms with Gasteiger partial charge in [-0.15, -0.1) is 0 Å². The Morgan fingerprint density at radius 1 is 0.923 bits per heavy atom. The molecule has 0 heterocycles. The summed E-state index contributed by atoms with van der Waals surface area (Å²) in [6, 6.07) is 29.7. The summed E-state index contributed by atoms with van der Waals surface area (Å²) >= 11 is 0. The maximum atomic E-state index is 2.69. The number of benzene rings is 3. The molecule has 0 saturated carbocycles. The lowest BCUT2D eigenvalue weighted by molar-refractivity contribution is 0.133. The Hall–Kier alpha value is -2.38. The Morgan fingerprint density at radius 2 is 1.62 bits per heavy atom. The molecular weight excluding hydrogens is 314 g/mol. The molecule has 0 aromatic heterocycles. The van der Waals surface area contributed by atoms with Gasteiger partial charge >= 0.3 is 0 Å². The third-order valence-electron chi connectivity index (χ3n) is 5.73. The number of hydrogen-bond donors (Lipinski definition) is 0. The van der Waals surface area contributed by atoms with Crippen LogP contribution in [0.4, 0.5) is 0 Å². The highest BCUT2D eigenvalue weighted by atomic mass is 15.2. The van der Waals surface area contributed by atoms with Crippen LogP contribution >= 0.6 is 0 Å². The van der Waals surface area contributed by atoms with Gasteiger partial charge in [-0.25, -0.2) is 0 Å². The first-order valence-corrected chi connectivity index (χ1v) is 9.66. The van der Waals surface area contributed by atoms with Crippen LogP contribution in [0.3, 0.4) is 0 Å². The Balaban J connectivity index is 1.70. The first-order valence-electron chi connectivity index (χ1n) is 9.66. The predicted molar refractivity (Wildman–Crippen MR) is 109 cm³/mol. The van der Waals surface area contributed by atoms with E-state index in [0.717, 1.165) is 6.54 Å². The Morgan fingerprint density at radius 3 is 2.35 bits per heavy atom. The van der Waals surface area contributed by atoms with Gasteiger partial charge in [0.05, 0.1) is 0 Å². The fourth-order valence-corrected chi connectivity index (χ4v) is 4.30. The van der Waals surface area contributed by atoms with Crippen LogP contribution in [0.5, 0.6) is 0 Å². The van der Waals surface area contributed by atoms with Gasteiger partial charge in [0.2, 0.25) is 0 Å². The summed E-state index contributed by atoms with van der Waals surface area (Å²) < 4.78 is 0. The first-order chi connectivity index (χ1) is 12.7. The van der Waals surface area contributed by atoms with Gasteiger partial charge in [0.25, 0.3) is 0 Å². The molecule has 0 N–H and O–H groups in total. The Labute approximate surface area is 157 Å². The van der Waals surface area contributed by atoms with Gasteiger partial charge in [-0.3, -0.25) is 4.90 Å². The highest BCUT2D eigenvalue weighted by Gasteiger charge is 2.31. The van der Waals surface area contributed by atoms with E-state index in [2.05, 4.69) is 97.6 Å². The molecule has 0 saturated heterocycles. The summed E-state index contributed by atoms with van der Waals surface area (Å²) in [7, 11) is 0. The van der Waals surface area contributed by atoms with Crippen molar-refractivity contribution >= 4 is 0 Å². The zero-order valence-electron chi connectivity index (χ0n) is 15.7. The summed E-state index contributed by atoms with van der Waals surface area (Å²) in [4.78, 5) is 2.69. The minimum atomic E-state index is 0.383. The van der Waals surface area contributed by atoms with Crippen LogP contribution < -0.4 is 0 Å². The molecule has 0 amide bonds. The van der Waals surface area contributed by atoms with E-state index >= 15 is 0 Å². The van der Waals surface area contributed by atoms with Crippen molar-refractivity contribution in [1.82, 2.24) is 4.90 Å². The molecule has 0 fully saturated rings. The Bertz CT molecular complexity index is 854. The van der Waals surface area contributed by atoms with Crippen molar-refractivity contribution in [1.29, 1.82) is 0 Å². The SMILES string of the molecule is Cc1ccc2c(c1)CCC2N(Cc1ccccc1)[C@H](C)c1ccccc1. The van der Waals surface area contributed by atoms with Crippen LogP contribution in [-0.2, 0) is 13.0 Å². The minimum Gasteiger partial charge on any atom is -0.285 e. The fourth-order valence-electron chi connectivity index (χ4n) is 4.30. The molecule has 26 heavy (non-hydrogen) atoms. The van der Waals surface area contributed by atoms with Crippen LogP contribution in [0.2, 0.25) is 0 Å². The molecule has 3 aromatic carbocycles. The quantitative estimate of drug-likeness (QED) is 0.530. The van der Waals surface area contributed by atoms with Crippen molar-refractivity contribution in [3.8, 4) is 0 Å². The second-order valence-electron chi connectivity index (χ2n) is 7.50. The minimum absolute atomic E-state index is 0.383. The molecule has 2 atom stereocenters. The van der Waals surface area contributed by atoms with Gasteiger partial charge in [0.15, 0.2) is 0 Å². The van der Waals surface area contributed by atoms with Crippen molar-refractivity contribution in [2.75, 3.05) is 0 Å². The molecule has 0 aliphatic heterocycles. The van der Waals surface area contributed by atoms with Crippen LogP contribution in [0.1, 0.15) is 53.2 Å². The molecule has 132 valence electrons. The summed E-state index contributed by atoms with van der Waals surface area (Å²) in [5, 5.41) is 0. The van der Waals surface area contributed by atoms with E-state index in [1.807, 2.05) is 0 Å². The topological polar surface area (TPSA) is 3.24 Å². The van der Waals surface area contributed by atoms with E-state index in [4.69, 9.17) is 0 Å². The molecule has 1 aliphatic carbocycles. The van der Waals surface area contributed by atoms with Gasteiger partial charge < -0.3 is 0 Å². The summed E-state index contributed by atoms with van der Waals surface area (Å²) in [5.74, 6) is 0. The van der Waals surface area contributed by atoms with Crippen molar-refractivity contribution in [3.63, 3.8) is 0 Å². The van der Waals surface area contributed by atoms with Gasteiger partial charge in [0, 0.05) is 18.6 Å². The van der Waals surface area contributed by atoms with Gasteiger partial charge in [-0.05, 0) is 48.9 Å². The smallest absolute Gasteiger partial charge is 0.0363 e. The third-order valence-corrected chi connectivity index (χ3v) is 5.73. The Kier molecular flexibility index (Phi) is 4.90. The van der Waals surface area contributed by atoms with E-state index in [9.17, 15) is 0 Å². The van der Waals surface area contributed by atoms with Crippen LogP contribution in [-0.4, -0.2) is 4.90 Å². The maximum Gasteiger partial charge on any atom is 0.0363 e. The zero-order chi connectivity index (χ0) is 17.9. The van der Waals surface area contributed by atoms with E-state index in [1.54, 1.807) is 0 Å². The molecular formula is C25H27N. The highest BCUT2D eigenvalue weighted by molar-refractivity contribution is 5.38. The molecule has 1 aliphatic rings. The lowest BCUT2D eigenvalue weighted by Gasteiger charge is -2.35. The molecule has 1 nitrogen and oxygen atoms in total. The van der Waals surface area contributed by atoms with Gasteiger partial charge in [-0.2, -0.15) is 0 Å². The second kappa shape index (κ2) is 7.47. The highest BCUT2D eigenvalue weighted by Crippen LogP contribution is 2.41. The van der Waals surface area contributed by atoms with Crippen LogP contribution in [0.25, 0.3) is 0 Å². The predicted octanol–water partition coefficient (Wildman–Crippen LogP) is 6.25. The van der Waals surface area contributed by atoms with Gasteiger partial charge in [0.1, 0.15) is 0 Å². The first kappa shape index (κ1) is 17.1. The van der Waals surface area contributed by atoms with E-state index in [1.165, 1.54) is 40.7 Å². The van der Waals surface area contributed by atoms with Crippen LogP contribution in [0, 0.1) is 6.92 Å². The average Bonchev–Trinajstić information content (AvgIpc) is 3.10. The summed E-state index contributed by atoms with van der Waals surface area (Å²) in [6.45, 7) is 5.53. The van der Waals surface area contributed by atoms with Crippen LogP contribution in [0.15, 0.2) is 78.9 Å². The molecule has 1 heteroatoms. The number of nitrogens with zero attached hydrogens (tertiary/aromatic N) is 1. The monoisotopic (exact) mass is 341 g/mol. The van der Waals surface area contributed by atoms with Crippen molar-refractivity contribution in [2.24, 2.45) is 0 Å². The summed E-state index contributed by atoms with van der Waals surface area (Å²) in [5.41, 5.74) is 7.21. The van der Waals surface area contributed by atoms with E-state index < -0.39 is 0 Å². The molecule has 0 radical (unpaired) electrons. The molecule has 3 aromatic rings. The molecule has 0 bridgehead atoms. The zero-order valence-corrected chi connectivity index (χ0v) is 15.7.